The second-order valence-electron chi connectivity index (χ2n) is 8.70. The second kappa shape index (κ2) is 8.67. The van der Waals surface area contributed by atoms with Gasteiger partial charge in [-0.2, -0.15) is 0 Å². The molecule has 5 nitrogen and oxygen atoms in total. The summed E-state index contributed by atoms with van der Waals surface area (Å²) in [4.78, 5) is 19.9. The summed E-state index contributed by atoms with van der Waals surface area (Å²) in [5.41, 5.74) is 4.41. The molecule has 2 fully saturated rings. The number of fused-ring (bicyclic) bond motifs is 1. The molecule has 31 heavy (non-hydrogen) atoms. The maximum atomic E-state index is 13.0. The van der Waals surface area contributed by atoms with Crippen LogP contribution in [-0.2, 0) is 5.54 Å². The van der Waals surface area contributed by atoms with Gasteiger partial charge in [0.2, 0.25) is 0 Å². The SMILES string of the molecule is CN1CCC1.COc1ccc(C)c(C(=O)NC2(c3cccc4nc(C)ccc34)CC2)c1. The van der Waals surface area contributed by atoms with Gasteiger partial charge in [0.25, 0.3) is 5.91 Å². The number of pyridine rings is 1. The zero-order valence-corrected chi connectivity index (χ0v) is 18.9. The van der Waals surface area contributed by atoms with Gasteiger partial charge in [0.15, 0.2) is 0 Å². The van der Waals surface area contributed by atoms with Crippen molar-refractivity contribution in [2.45, 2.75) is 38.6 Å². The van der Waals surface area contributed by atoms with Crippen LogP contribution in [0.3, 0.4) is 0 Å². The fourth-order valence-corrected chi connectivity index (χ4v) is 3.99. The number of methoxy groups -OCH3 is 1. The largest absolute Gasteiger partial charge is 0.497 e. The lowest BCUT2D eigenvalue weighted by molar-refractivity contribution is 0.0930. The molecule has 2 heterocycles. The summed E-state index contributed by atoms with van der Waals surface area (Å²) >= 11 is 0. The van der Waals surface area contributed by atoms with Crippen molar-refractivity contribution in [3.8, 4) is 5.75 Å². The number of likely N-dealkylation sites (tertiary alicyclic amines) is 1. The van der Waals surface area contributed by atoms with Crippen molar-refractivity contribution in [1.82, 2.24) is 15.2 Å². The molecule has 0 spiro atoms. The van der Waals surface area contributed by atoms with Crippen LogP contribution in [-0.4, -0.2) is 43.0 Å². The fraction of sp³-hybridized carbons (Fsp3) is 0.385. The number of hydrogen-bond acceptors (Lipinski definition) is 4. The molecular weight excluding hydrogens is 386 g/mol. The van der Waals surface area contributed by atoms with Crippen molar-refractivity contribution in [2.75, 3.05) is 27.2 Å². The highest BCUT2D eigenvalue weighted by Gasteiger charge is 2.46. The van der Waals surface area contributed by atoms with E-state index in [1.165, 1.54) is 19.5 Å². The quantitative estimate of drug-likeness (QED) is 0.674. The number of carbonyl (C=O) groups is 1. The van der Waals surface area contributed by atoms with E-state index in [1.807, 2.05) is 44.2 Å². The molecule has 162 valence electrons. The summed E-state index contributed by atoms with van der Waals surface area (Å²) in [6.07, 6.45) is 3.29. The fourth-order valence-electron chi connectivity index (χ4n) is 3.99. The average Bonchev–Trinajstić information content (AvgIpc) is 3.52. The normalized spacial score (nSPS) is 16.6. The van der Waals surface area contributed by atoms with Crippen LogP contribution >= 0.6 is 0 Å². The smallest absolute Gasteiger partial charge is 0.252 e. The van der Waals surface area contributed by atoms with E-state index < -0.39 is 0 Å². The van der Waals surface area contributed by atoms with Crippen LogP contribution in [0.2, 0.25) is 0 Å². The van der Waals surface area contributed by atoms with Gasteiger partial charge in [-0.1, -0.05) is 24.3 Å². The minimum atomic E-state index is -0.303. The Kier molecular flexibility index (Phi) is 5.96. The van der Waals surface area contributed by atoms with Crippen LogP contribution in [0.15, 0.2) is 48.5 Å². The van der Waals surface area contributed by atoms with Crippen LogP contribution in [0.1, 0.15) is 46.4 Å². The van der Waals surface area contributed by atoms with Gasteiger partial charge in [-0.15, -0.1) is 0 Å². The predicted octanol–water partition coefficient (Wildman–Crippen LogP) is 4.60. The number of aryl methyl sites for hydroxylation is 2. The molecule has 1 saturated carbocycles. The van der Waals surface area contributed by atoms with Gasteiger partial charge in [0, 0.05) is 16.6 Å². The van der Waals surface area contributed by atoms with Crippen LogP contribution in [0.5, 0.6) is 5.75 Å². The Morgan fingerprint density at radius 3 is 2.45 bits per heavy atom. The first kappa shape index (κ1) is 21.3. The average molecular weight is 418 g/mol. The standard InChI is InChI=1S/C22H22N2O2.C4H9N/c1-14-7-9-16(26-3)13-18(14)21(25)24-22(11-12-22)19-5-4-6-20-17(19)10-8-15(2)23-20;1-5-3-2-4-5/h4-10,13H,11-12H2,1-3H3,(H,24,25);2-4H2,1H3. The summed E-state index contributed by atoms with van der Waals surface area (Å²) in [7, 11) is 3.75. The Bertz CT molecular complexity index is 1100. The molecule has 1 aliphatic carbocycles. The number of benzene rings is 2. The third kappa shape index (κ3) is 4.57. The van der Waals surface area contributed by atoms with Crippen LogP contribution < -0.4 is 10.1 Å². The van der Waals surface area contributed by atoms with Crippen LogP contribution in [0, 0.1) is 13.8 Å². The molecule has 5 heteroatoms. The molecule has 1 aromatic heterocycles. The van der Waals surface area contributed by atoms with E-state index in [9.17, 15) is 4.79 Å². The highest BCUT2D eigenvalue weighted by molar-refractivity contribution is 5.97. The zero-order valence-electron chi connectivity index (χ0n) is 18.9. The van der Waals surface area contributed by atoms with E-state index in [0.29, 0.717) is 11.3 Å². The molecule has 1 amide bonds. The lowest BCUT2D eigenvalue weighted by atomic mass is 9.98. The maximum Gasteiger partial charge on any atom is 0.252 e. The van der Waals surface area contributed by atoms with Gasteiger partial charge >= 0.3 is 0 Å². The lowest BCUT2D eigenvalue weighted by Crippen LogP contribution is -2.35. The number of carbonyl (C=O) groups excluding carboxylic acids is 1. The molecule has 2 aromatic carbocycles. The number of amides is 1. The van der Waals surface area contributed by atoms with Crippen molar-refractivity contribution in [3.63, 3.8) is 0 Å². The molecule has 0 radical (unpaired) electrons. The first-order valence-corrected chi connectivity index (χ1v) is 10.9. The van der Waals surface area contributed by atoms with Gasteiger partial charge in [-0.3, -0.25) is 9.78 Å². The Morgan fingerprint density at radius 1 is 1.10 bits per heavy atom. The number of rotatable bonds is 4. The summed E-state index contributed by atoms with van der Waals surface area (Å²) in [6, 6.07) is 15.9. The van der Waals surface area contributed by atoms with Gasteiger partial charge in [-0.05, 0) is 88.6 Å². The van der Waals surface area contributed by atoms with Crippen LogP contribution in [0.25, 0.3) is 10.9 Å². The number of aromatic nitrogens is 1. The first-order valence-electron chi connectivity index (χ1n) is 10.9. The summed E-state index contributed by atoms with van der Waals surface area (Å²) in [5, 5.41) is 4.39. The van der Waals surface area contributed by atoms with Crippen molar-refractivity contribution < 1.29 is 9.53 Å². The van der Waals surface area contributed by atoms with Crippen LogP contribution in [0.4, 0.5) is 0 Å². The second-order valence-corrected chi connectivity index (χ2v) is 8.70. The minimum Gasteiger partial charge on any atom is -0.497 e. The topological polar surface area (TPSA) is 54.5 Å². The van der Waals surface area contributed by atoms with Gasteiger partial charge in [-0.25, -0.2) is 0 Å². The van der Waals surface area contributed by atoms with E-state index >= 15 is 0 Å². The van der Waals surface area contributed by atoms with E-state index in [1.54, 1.807) is 13.2 Å². The molecule has 1 saturated heterocycles. The van der Waals surface area contributed by atoms with Gasteiger partial charge < -0.3 is 15.0 Å². The Balaban J connectivity index is 0.000000407. The maximum absolute atomic E-state index is 13.0. The van der Waals surface area contributed by atoms with Crippen molar-refractivity contribution in [1.29, 1.82) is 0 Å². The molecular formula is C26H31N3O2. The first-order chi connectivity index (χ1) is 14.9. The van der Waals surface area contributed by atoms with E-state index in [-0.39, 0.29) is 11.4 Å². The summed E-state index contributed by atoms with van der Waals surface area (Å²) in [5.74, 6) is 0.631. The molecule has 0 bridgehead atoms. The molecule has 3 aromatic rings. The molecule has 1 N–H and O–H groups in total. The zero-order chi connectivity index (χ0) is 22.0. The number of nitrogens with zero attached hydrogens (tertiary/aromatic N) is 2. The Morgan fingerprint density at radius 2 is 1.84 bits per heavy atom. The third-order valence-corrected chi connectivity index (χ3v) is 6.26. The van der Waals surface area contributed by atoms with Crippen molar-refractivity contribution >= 4 is 16.8 Å². The molecule has 2 aliphatic rings. The molecule has 1 aliphatic heterocycles. The molecule has 0 unspecified atom stereocenters. The number of ether oxygens (including phenoxy) is 1. The highest BCUT2D eigenvalue weighted by atomic mass is 16.5. The van der Waals surface area contributed by atoms with E-state index in [4.69, 9.17) is 4.74 Å². The van der Waals surface area contributed by atoms with Crippen molar-refractivity contribution in [2.24, 2.45) is 0 Å². The molecule has 5 rings (SSSR count). The lowest BCUT2D eigenvalue weighted by Gasteiger charge is -2.24. The van der Waals surface area contributed by atoms with E-state index in [0.717, 1.165) is 40.6 Å². The Hall–Kier alpha value is -2.92. The molecule has 0 atom stereocenters. The predicted molar refractivity (Wildman–Crippen MR) is 125 cm³/mol. The number of nitrogens with one attached hydrogen (secondary N) is 1. The van der Waals surface area contributed by atoms with E-state index in [2.05, 4.69) is 34.4 Å². The minimum absolute atomic E-state index is 0.0593. The van der Waals surface area contributed by atoms with Gasteiger partial charge in [0.05, 0.1) is 18.2 Å². The number of hydrogen-bond donors (Lipinski definition) is 1. The monoisotopic (exact) mass is 417 g/mol. The highest BCUT2D eigenvalue weighted by Crippen LogP contribution is 2.48. The van der Waals surface area contributed by atoms with Crippen molar-refractivity contribution in [3.05, 3.63) is 70.9 Å². The summed E-state index contributed by atoms with van der Waals surface area (Å²) in [6.45, 7) is 6.57. The summed E-state index contributed by atoms with van der Waals surface area (Å²) < 4.78 is 5.27. The third-order valence-electron chi connectivity index (χ3n) is 6.26. The Labute approximate surface area is 184 Å². The van der Waals surface area contributed by atoms with Gasteiger partial charge in [0.1, 0.15) is 5.75 Å².